The lowest BCUT2D eigenvalue weighted by Gasteiger charge is -2.05. The lowest BCUT2D eigenvalue weighted by molar-refractivity contribution is 0.547. The molecule has 14 heavy (non-hydrogen) atoms. The van der Waals surface area contributed by atoms with Gasteiger partial charge in [-0.3, -0.25) is 0 Å². The first kappa shape index (κ1) is 11.6. The first-order chi connectivity index (χ1) is 6.79. The molecule has 0 saturated heterocycles. The number of nitrogens with zero attached hydrogens (tertiary/aromatic N) is 1. The fraction of sp³-hybridized carbons (Fsp3) is 0.700. The number of imidazole rings is 1. The molecule has 0 aliphatic heterocycles. The van der Waals surface area contributed by atoms with Gasteiger partial charge in [0.05, 0.1) is 0 Å². The minimum atomic E-state index is 0.792. The summed E-state index contributed by atoms with van der Waals surface area (Å²) in [5.41, 5.74) is 0. The number of hydrogen-bond acceptors (Lipinski definition) is 3. The molecule has 1 aromatic rings. The van der Waals surface area contributed by atoms with Crippen LogP contribution in [0.1, 0.15) is 20.3 Å². The summed E-state index contributed by atoms with van der Waals surface area (Å²) >= 11 is 1.76. The molecule has 1 aromatic heterocycles. The summed E-state index contributed by atoms with van der Waals surface area (Å²) in [5, 5.41) is 4.43. The van der Waals surface area contributed by atoms with Gasteiger partial charge in [-0.2, -0.15) is 0 Å². The Morgan fingerprint density at radius 1 is 1.50 bits per heavy atom. The van der Waals surface area contributed by atoms with Crippen LogP contribution in [0.5, 0.6) is 0 Å². The maximum Gasteiger partial charge on any atom is 0.165 e. The predicted octanol–water partition coefficient (Wildman–Crippen LogP) is 2.14. The molecule has 0 aliphatic carbocycles. The van der Waals surface area contributed by atoms with Gasteiger partial charge in [0.15, 0.2) is 5.16 Å². The zero-order valence-electron chi connectivity index (χ0n) is 8.92. The van der Waals surface area contributed by atoms with Crippen molar-refractivity contribution >= 4 is 11.8 Å². The van der Waals surface area contributed by atoms with Crippen LogP contribution in [0.15, 0.2) is 17.6 Å². The Hall–Kier alpha value is -0.480. The summed E-state index contributed by atoms with van der Waals surface area (Å²) in [7, 11) is 0. The zero-order valence-corrected chi connectivity index (χ0v) is 9.73. The van der Waals surface area contributed by atoms with Crippen molar-refractivity contribution in [3.8, 4) is 0 Å². The highest BCUT2D eigenvalue weighted by atomic mass is 32.2. The van der Waals surface area contributed by atoms with E-state index in [1.165, 1.54) is 6.42 Å². The van der Waals surface area contributed by atoms with Crippen molar-refractivity contribution in [1.29, 1.82) is 0 Å². The van der Waals surface area contributed by atoms with Crippen LogP contribution in [0.2, 0.25) is 0 Å². The van der Waals surface area contributed by atoms with Crippen molar-refractivity contribution in [2.45, 2.75) is 25.4 Å². The van der Waals surface area contributed by atoms with E-state index in [0.29, 0.717) is 0 Å². The molecule has 0 aliphatic rings. The lowest BCUT2D eigenvalue weighted by atomic mass is 10.1. The molecular weight excluding hydrogens is 194 g/mol. The molecule has 0 amide bonds. The van der Waals surface area contributed by atoms with E-state index >= 15 is 0 Å². The topological polar surface area (TPSA) is 40.7 Å². The number of rotatable bonds is 7. The zero-order chi connectivity index (χ0) is 10.2. The molecule has 80 valence electrons. The van der Waals surface area contributed by atoms with Gasteiger partial charge in [-0.25, -0.2) is 4.98 Å². The molecule has 1 rings (SSSR count). The Kier molecular flexibility index (Phi) is 5.71. The third-order valence-electron chi connectivity index (χ3n) is 1.89. The molecule has 3 nitrogen and oxygen atoms in total. The largest absolute Gasteiger partial charge is 0.340 e. The van der Waals surface area contributed by atoms with E-state index in [4.69, 9.17) is 0 Å². The molecule has 0 aromatic carbocycles. The summed E-state index contributed by atoms with van der Waals surface area (Å²) < 4.78 is 0. The maximum atomic E-state index is 4.14. The van der Waals surface area contributed by atoms with Gasteiger partial charge in [-0.05, 0) is 18.9 Å². The molecule has 0 unspecified atom stereocenters. The molecule has 0 radical (unpaired) electrons. The van der Waals surface area contributed by atoms with E-state index in [-0.39, 0.29) is 0 Å². The Balaban J connectivity index is 1.90. The van der Waals surface area contributed by atoms with Crippen LogP contribution in [-0.4, -0.2) is 28.8 Å². The molecular formula is C10H19N3S. The Labute approximate surface area is 90.1 Å². The van der Waals surface area contributed by atoms with Crippen LogP contribution in [0.4, 0.5) is 0 Å². The second-order valence-electron chi connectivity index (χ2n) is 3.68. The molecule has 0 atom stereocenters. The van der Waals surface area contributed by atoms with Crippen LogP contribution in [-0.2, 0) is 0 Å². The van der Waals surface area contributed by atoms with Crippen molar-refractivity contribution in [2.24, 2.45) is 5.92 Å². The van der Waals surface area contributed by atoms with E-state index in [9.17, 15) is 0 Å². The van der Waals surface area contributed by atoms with Crippen LogP contribution >= 0.6 is 11.8 Å². The Morgan fingerprint density at radius 3 is 3.00 bits per heavy atom. The average molecular weight is 213 g/mol. The van der Waals surface area contributed by atoms with E-state index in [1.807, 2.05) is 6.20 Å². The summed E-state index contributed by atoms with van der Waals surface area (Å²) in [5.74, 6) is 1.87. The van der Waals surface area contributed by atoms with Gasteiger partial charge in [0.1, 0.15) is 0 Å². The Bertz CT molecular complexity index is 221. The maximum absolute atomic E-state index is 4.14. The third-order valence-corrected chi connectivity index (χ3v) is 2.79. The third kappa shape index (κ3) is 5.29. The number of H-pyrrole nitrogens is 1. The number of thioether (sulfide) groups is 1. The van der Waals surface area contributed by atoms with Crippen molar-refractivity contribution in [3.63, 3.8) is 0 Å². The fourth-order valence-electron chi connectivity index (χ4n) is 1.07. The van der Waals surface area contributed by atoms with E-state index in [2.05, 4.69) is 29.1 Å². The number of hydrogen-bond donors (Lipinski definition) is 2. The minimum Gasteiger partial charge on any atom is -0.340 e. The smallest absolute Gasteiger partial charge is 0.165 e. The molecule has 4 heteroatoms. The van der Waals surface area contributed by atoms with Gasteiger partial charge in [0.25, 0.3) is 0 Å². The minimum absolute atomic E-state index is 0.792. The number of nitrogens with one attached hydrogen (secondary N) is 2. The second kappa shape index (κ2) is 6.90. The van der Waals surface area contributed by atoms with Crippen LogP contribution in [0.25, 0.3) is 0 Å². The van der Waals surface area contributed by atoms with Crippen LogP contribution in [0.3, 0.4) is 0 Å². The van der Waals surface area contributed by atoms with Crippen molar-refractivity contribution in [3.05, 3.63) is 12.4 Å². The van der Waals surface area contributed by atoms with Gasteiger partial charge >= 0.3 is 0 Å². The fourth-order valence-corrected chi connectivity index (χ4v) is 1.79. The van der Waals surface area contributed by atoms with E-state index in [1.54, 1.807) is 18.0 Å². The van der Waals surface area contributed by atoms with Crippen molar-refractivity contribution < 1.29 is 0 Å². The first-order valence-corrected chi connectivity index (χ1v) is 6.10. The normalized spacial score (nSPS) is 11.1. The van der Waals surface area contributed by atoms with E-state index in [0.717, 1.165) is 29.9 Å². The molecule has 2 N–H and O–H groups in total. The molecule has 0 saturated carbocycles. The SMILES string of the molecule is CC(C)CCNCCSc1ncc[nH]1. The molecule has 0 fully saturated rings. The number of aromatic nitrogens is 2. The summed E-state index contributed by atoms with van der Waals surface area (Å²) in [6, 6.07) is 0. The van der Waals surface area contributed by atoms with Crippen LogP contribution < -0.4 is 5.32 Å². The van der Waals surface area contributed by atoms with Gasteiger partial charge in [0, 0.05) is 24.7 Å². The second-order valence-corrected chi connectivity index (χ2v) is 4.76. The van der Waals surface area contributed by atoms with Gasteiger partial charge in [-0.15, -0.1) is 0 Å². The van der Waals surface area contributed by atoms with Gasteiger partial charge in [-0.1, -0.05) is 25.6 Å². The molecule has 0 bridgehead atoms. The highest BCUT2D eigenvalue weighted by Crippen LogP contribution is 2.09. The van der Waals surface area contributed by atoms with Crippen molar-refractivity contribution in [1.82, 2.24) is 15.3 Å². The summed E-state index contributed by atoms with van der Waals surface area (Å²) in [4.78, 5) is 7.21. The highest BCUT2D eigenvalue weighted by Gasteiger charge is 1.95. The van der Waals surface area contributed by atoms with Crippen LogP contribution in [0, 0.1) is 5.92 Å². The first-order valence-electron chi connectivity index (χ1n) is 5.12. The predicted molar refractivity (Wildman–Crippen MR) is 61.6 cm³/mol. The Morgan fingerprint density at radius 2 is 2.36 bits per heavy atom. The summed E-state index contributed by atoms with van der Waals surface area (Å²) in [6.07, 6.45) is 4.90. The lowest BCUT2D eigenvalue weighted by Crippen LogP contribution is -2.19. The number of aromatic amines is 1. The molecule has 1 heterocycles. The van der Waals surface area contributed by atoms with Crippen molar-refractivity contribution in [2.75, 3.05) is 18.8 Å². The van der Waals surface area contributed by atoms with E-state index < -0.39 is 0 Å². The van der Waals surface area contributed by atoms with Gasteiger partial charge in [0.2, 0.25) is 0 Å². The highest BCUT2D eigenvalue weighted by molar-refractivity contribution is 7.99. The van der Waals surface area contributed by atoms with Gasteiger partial charge < -0.3 is 10.3 Å². The molecule has 0 spiro atoms. The standard InChI is InChI=1S/C10H19N3S/c1-9(2)3-4-11-7-8-14-10-12-5-6-13-10/h5-6,9,11H,3-4,7-8H2,1-2H3,(H,12,13). The average Bonchev–Trinajstić information content (AvgIpc) is 2.63. The quantitative estimate of drug-likeness (QED) is 0.538. The monoisotopic (exact) mass is 213 g/mol. The summed E-state index contributed by atoms with van der Waals surface area (Å²) in [6.45, 7) is 6.67.